The van der Waals surface area contributed by atoms with Crippen molar-refractivity contribution < 1.29 is 18.7 Å². The summed E-state index contributed by atoms with van der Waals surface area (Å²) in [5.74, 6) is -2.13. The van der Waals surface area contributed by atoms with Gasteiger partial charge in [0.25, 0.3) is 0 Å². The summed E-state index contributed by atoms with van der Waals surface area (Å²) in [6.45, 7) is 8.24. The van der Waals surface area contributed by atoms with Crippen molar-refractivity contribution in [3.8, 4) is 0 Å². The Kier molecular flexibility index (Phi) is 7.28. The van der Waals surface area contributed by atoms with Gasteiger partial charge in [-0.15, -0.1) is 0 Å². The number of benzene rings is 3. The highest BCUT2D eigenvalue weighted by molar-refractivity contribution is 5.93. The molecule has 3 heterocycles. The topological polar surface area (TPSA) is 70.7 Å². The minimum Gasteiger partial charge on any atom is -0.477 e. The number of anilines is 1. The molecule has 0 spiro atoms. The quantitative estimate of drug-likeness (QED) is 0.275. The maximum Gasteiger partial charge on any atom is 0.341 e. The molecule has 6 rings (SSSR count). The molecule has 216 valence electrons. The molecule has 42 heavy (non-hydrogen) atoms. The Morgan fingerprint density at radius 1 is 0.905 bits per heavy atom. The molecular formula is C33H32F2N4O3. The van der Waals surface area contributed by atoms with Crippen LogP contribution in [-0.2, 0) is 19.6 Å². The van der Waals surface area contributed by atoms with Crippen LogP contribution in [0.4, 0.5) is 14.5 Å². The first kappa shape index (κ1) is 27.7. The molecule has 0 atom stereocenters. The number of aromatic nitrogens is 2. The molecule has 1 saturated heterocycles. The predicted molar refractivity (Wildman–Crippen MR) is 160 cm³/mol. The molecule has 0 radical (unpaired) electrons. The second-order valence-corrected chi connectivity index (χ2v) is 10.9. The van der Waals surface area contributed by atoms with E-state index >= 15 is 4.39 Å². The Labute approximate surface area is 241 Å². The number of piperazine rings is 1. The number of hydrogen-bond acceptors (Lipinski definition) is 4. The molecule has 1 aliphatic heterocycles. The number of halogens is 2. The minimum atomic E-state index is -1.33. The second-order valence-electron chi connectivity index (χ2n) is 10.9. The molecule has 0 unspecified atom stereocenters. The zero-order valence-corrected chi connectivity index (χ0v) is 23.6. The molecule has 0 bridgehead atoms. The smallest absolute Gasteiger partial charge is 0.341 e. The lowest BCUT2D eigenvalue weighted by Crippen LogP contribution is -2.46. The van der Waals surface area contributed by atoms with Gasteiger partial charge in [-0.3, -0.25) is 9.69 Å². The monoisotopic (exact) mass is 570 g/mol. The SMILES string of the molecule is CCn1cc(C(=O)O)c(=O)c2cc(F)c(N3CCN(Cc4c(C)c5cc(F)ccc5n4Cc4ccccc4)CC3)cc21. The van der Waals surface area contributed by atoms with Crippen LogP contribution in [0.25, 0.3) is 21.8 Å². The van der Waals surface area contributed by atoms with Gasteiger partial charge in [-0.25, -0.2) is 13.6 Å². The van der Waals surface area contributed by atoms with Crippen LogP contribution in [0.2, 0.25) is 0 Å². The van der Waals surface area contributed by atoms with Gasteiger partial charge in [0.05, 0.1) is 11.2 Å². The summed E-state index contributed by atoms with van der Waals surface area (Å²) in [7, 11) is 0. The molecule has 5 aromatic rings. The average Bonchev–Trinajstić information content (AvgIpc) is 3.23. The molecule has 0 aliphatic carbocycles. The normalized spacial score (nSPS) is 14.2. The van der Waals surface area contributed by atoms with Crippen LogP contribution >= 0.6 is 0 Å². The van der Waals surface area contributed by atoms with Gasteiger partial charge in [-0.05, 0) is 55.3 Å². The van der Waals surface area contributed by atoms with Crippen molar-refractivity contribution in [2.24, 2.45) is 0 Å². The second kappa shape index (κ2) is 11.1. The number of aryl methyl sites for hydroxylation is 2. The summed E-state index contributed by atoms with van der Waals surface area (Å²) >= 11 is 0. The average molecular weight is 571 g/mol. The van der Waals surface area contributed by atoms with Gasteiger partial charge in [0.1, 0.15) is 17.2 Å². The third-order valence-electron chi connectivity index (χ3n) is 8.40. The Hall–Kier alpha value is -4.50. The lowest BCUT2D eigenvalue weighted by molar-refractivity contribution is 0.0695. The van der Waals surface area contributed by atoms with Crippen molar-refractivity contribution in [1.29, 1.82) is 0 Å². The summed E-state index contributed by atoms with van der Waals surface area (Å²) in [5.41, 5.74) is 4.21. The summed E-state index contributed by atoms with van der Waals surface area (Å²) in [6, 6.07) is 18.0. The van der Waals surface area contributed by atoms with Crippen LogP contribution in [0, 0.1) is 18.6 Å². The standard InChI is InChI=1S/C33H32F2N4O3/c1-3-37-19-26(33(41)42)32(40)25-16-27(35)30(17-29(25)37)38-13-11-36(12-14-38)20-31-21(2)24-15-23(34)9-10-28(24)39(31)18-22-7-5-4-6-8-22/h4-10,15-17,19H,3,11-14,18,20H2,1-2H3,(H,41,42). The fraction of sp³-hybridized carbons (Fsp3) is 0.273. The molecule has 9 heteroatoms. The number of hydrogen-bond donors (Lipinski definition) is 1. The van der Waals surface area contributed by atoms with E-state index < -0.39 is 17.2 Å². The van der Waals surface area contributed by atoms with E-state index in [0.29, 0.717) is 57.0 Å². The zero-order valence-electron chi connectivity index (χ0n) is 23.6. The van der Waals surface area contributed by atoms with E-state index in [9.17, 15) is 19.1 Å². The first-order valence-corrected chi connectivity index (χ1v) is 14.1. The number of rotatable bonds is 7. The van der Waals surface area contributed by atoms with Crippen molar-refractivity contribution in [2.45, 2.75) is 33.5 Å². The van der Waals surface area contributed by atoms with E-state index in [0.717, 1.165) is 27.7 Å². The summed E-state index contributed by atoms with van der Waals surface area (Å²) in [5, 5.41) is 10.4. The van der Waals surface area contributed by atoms with Crippen LogP contribution in [-0.4, -0.2) is 51.3 Å². The first-order valence-electron chi connectivity index (χ1n) is 14.1. The van der Waals surface area contributed by atoms with Gasteiger partial charge in [0.2, 0.25) is 5.43 Å². The Morgan fingerprint density at radius 3 is 2.33 bits per heavy atom. The fourth-order valence-electron chi connectivity index (χ4n) is 6.11. The molecule has 7 nitrogen and oxygen atoms in total. The highest BCUT2D eigenvalue weighted by Crippen LogP contribution is 2.30. The lowest BCUT2D eigenvalue weighted by atomic mass is 10.1. The van der Waals surface area contributed by atoms with E-state index in [1.165, 1.54) is 18.3 Å². The van der Waals surface area contributed by atoms with Crippen LogP contribution in [0.3, 0.4) is 0 Å². The van der Waals surface area contributed by atoms with Gasteiger partial charge in [0.15, 0.2) is 0 Å². The van der Waals surface area contributed by atoms with Crippen molar-refractivity contribution in [3.05, 3.63) is 111 Å². The highest BCUT2D eigenvalue weighted by Gasteiger charge is 2.24. The molecular weight excluding hydrogens is 538 g/mol. The fourth-order valence-corrected chi connectivity index (χ4v) is 6.11. The predicted octanol–water partition coefficient (Wildman–Crippen LogP) is 5.63. The molecule has 1 N–H and O–H groups in total. The molecule has 1 fully saturated rings. The summed E-state index contributed by atoms with van der Waals surface area (Å²) in [6.07, 6.45) is 1.33. The van der Waals surface area contributed by atoms with E-state index in [-0.39, 0.29) is 16.8 Å². The third-order valence-corrected chi connectivity index (χ3v) is 8.40. The maximum absolute atomic E-state index is 15.4. The highest BCUT2D eigenvalue weighted by atomic mass is 19.1. The van der Waals surface area contributed by atoms with Gasteiger partial charge < -0.3 is 19.1 Å². The maximum atomic E-state index is 15.4. The number of pyridine rings is 1. The molecule has 3 aromatic carbocycles. The summed E-state index contributed by atoms with van der Waals surface area (Å²) in [4.78, 5) is 28.6. The lowest BCUT2D eigenvalue weighted by Gasteiger charge is -2.36. The van der Waals surface area contributed by atoms with Crippen LogP contribution in [0.5, 0.6) is 0 Å². The zero-order chi connectivity index (χ0) is 29.5. The van der Waals surface area contributed by atoms with Crippen molar-refractivity contribution in [1.82, 2.24) is 14.0 Å². The Morgan fingerprint density at radius 2 is 1.64 bits per heavy atom. The number of aromatic carboxylic acids is 1. The van der Waals surface area contributed by atoms with Crippen molar-refractivity contribution in [2.75, 3.05) is 31.1 Å². The molecule has 0 saturated carbocycles. The van der Waals surface area contributed by atoms with E-state index in [2.05, 4.69) is 21.6 Å². The van der Waals surface area contributed by atoms with E-state index in [1.807, 2.05) is 43.0 Å². The van der Waals surface area contributed by atoms with Crippen LogP contribution in [0.15, 0.2) is 71.7 Å². The van der Waals surface area contributed by atoms with Crippen LogP contribution < -0.4 is 10.3 Å². The molecule has 2 aromatic heterocycles. The van der Waals surface area contributed by atoms with Gasteiger partial charge in [-0.1, -0.05) is 30.3 Å². The van der Waals surface area contributed by atoms with E-state index in [1.54, 1.807) is 16.7 Å². The molecule has 0 amide bonds. The van der Waals surface area contributed by atoms with Gasteiger partial charge in [0, 0.05) is 74.0 Å². The Bertz CT molecular complexity index is 1870. The van der Waals surface area contributed by atoms with E-state index in [4.69, 9.17) is 0 Å². The van der Waals surface area contributed by atoms with Gasteiger partial charge >= 0.3 is 5.97 Å². The minimum absolute atomic E-state index is 0.0646. The first-order chi connectivity index (χ1) is 20.2. The van der Waals surface area contributed by atoms with Gasteiger partial charge in [-0.2, -0.15) is 0 Å². The van der Waals surface area contributed by atoms with Crippen molar-refractivity contribution >= 4 is 33.5 Å². The number of nitrogens with zero attached hydrogens (tertiary/aromatic N) is 4. The van der Waals surface area contributed by atoms with Crippen molar-refractivity contribution in [3.63, 3.8) is 0 Å². The largest absolute Gasteiger partial charge is 0.477 e. The van der Waals surface area contributed by atoms with Crippen LogP contribution in [0.1, 0.15) is 34.1 Å². The number of carboxylic acid groups (broad SMARTS) is 1. The third kappa shape index (κ3) is 4.94. The molecule has 1 aliphatic rings. The number of fused-ring (bicyclic) bond motifs is 2. The summed E-state index contributed by atoms with van der Waals surface area (Å²) < 4.78 is 33.5. The number of carboxylic acids is 1. The Balaban J connectivity index is 1.27. The number of carbonyl (C=O) groups is 1.